The molecule has 0 radical (unpaired) electrons. The molecule has 0 amide bonds. The average molecular weight is 404 g/mol. The van der Waals surface area contributed by atoms with E-state index in [9.17, 15) is 0 Å². The first-order valence-electron chi connectivity index (χ1n) is 6.12. The number of halogens is 2. The second-order valence-electron chi connectivity index (χ2n) is 4.48. The minimum absolute atomic E-state index is 0.102. The highest BCUT2D eigenvalue weighted by Gasteiger charge is 2.13. The number of aromatic nitrogens is 3. The molecule has 5 nitrogen and oxygen atoms in total. The van der Waals surface area contributed by atoms with Crippen LogP contribution in [0.4, 0.5) is 0 Å². The van der Waals surface area contributed by atoms with Gasteiger partial charge in [-0.15, -0.1) is 10.2 Å². The quantitative estimate of drug-likeness (QED) is 0.832. The van der Waals surface area contributed by atoms with Gasteiger partial charge in [-0.2, -0.15) is 0 Å². The molecule has 0 aliphatic rings. The van der Waals surface area contributed by atoms with Crippen LogP contribution in [-0.2, 0) is 13.6 Å². The van der Waals surface area contributed by atoms with E-state index < -0.39 is 0 Å². The van der Waals surface area contributed by atoms with E-state index in [0.717, 1.165) is 26.1 Å². The molecule has 1 unspecified atom stereocenters. The minimum Gasteiger partial charge on any atom is -0.495 e. The van der Waals surface area contributed by atoms with Gasteiger partial charge < -0.3 is 14.6 Å². The molecule has 0 saturated carbocycles. The zero-order valence-electron chi connectivity index (χ0n) is 11.5. The third-order valence-electron chi connectivity index (χ3n) is 3.02. The van der Waals surface area contributed by atoms with Crippen molar-refractivity contribution in [2.24, 2.45) is 7.05 Å². The van der Waals surface area contributed by atoms with Crippen LogP contribution in [0.15, 0.2) is 27.4 Å². The topological polar surface area (TPSA) is 52.0 Å². The zero-order valence-corrected chi connectivity index (χ0v) is 14.7. The Balaban J connectivity index is 2.13. The molecule has 0 bridgehead atoms. The third kappa shape index (κ3) is 3.39. The largest absolute Gasteiger partial charge is 0.495 e. The van der Waals surface area contributed by atoms with Crippen molar-refractivity contribution in [3.63, 3.8) is 0 Å². The fourth-order valence-electron chi connectivity index (χ4n) is 2.01. The number of rotatable bonds is 5. The second kappa shape index (κ2) is 6.69. The molecule has 20 heavy (non-hydrogen) atoms. The van der Waals surface area contributed by atoms with Gasteiger partial charge in [-0.3, -0.25) is 0 Å². The summed E-state index contributed by atoms with van der Waals surface area (Å²) >= 11 is 7.00. The van der Waals surface area contributed by atoms with Crippen LogP contribution in [0.2, 0.25) is 0 Å². The first kappa shape index (κ1) is 15.5. The minimum atomic E-state index is 0.102. The first-order chi connectivity index (χ1) is 9.52. The summed E-state index contributed by atoms with van der Waals surface area (Å²) in [7, 11) is 3.60. The van der Waals surface area contributed by atoms with Crippen molar-refractivity contribution in [3.05, 3.63) is 38.8 Å². The van der Waals surface area contributed by atoms with Gasteiger partial charge >= 0.3 is 0 Å². The molecule has 1 aromatic carbocycles. The Morgan fingerprint density at radius 1 is 1.40 bits per heavy atom. The predicted molar refractivity (Wildman–Crippen MR) is 84.7 cm³/mol. The number of nitrogens with zero attached hydrogens (tertiary/aromatic N) is 3. The molecule has 1 atom stereocenters. The number of aryl methyl sites for hydroxylation is 1. The second-order valence-corrected chi connectivity index (χ2v) is 6.25. The molecule has 1 N–H and O–H groups in total. The van der Waals surface area contributed by atoms with Crippen LogP contribution in [0.5, 0.6) is 5.75 Å². The normalized spacial score (nSPS) is 12.4. The van der Waals surface area contributed by atoms with Crippen LogP contribution in [0, 0.1) is 0 Å². The Hall–Kier alpha value is -0.920. The number of hydrogen-bond acceptors (Lipinski definition) is 4. The standard InChI is InChI=1S/C13H16Br2N4O/c1-8(13-18-17-7-19(13)2)16-6-9-4-10(14)5-11(15)12(9)20-3/h4-5,7-8,16H,6H2,1-3H3. The highest BCUT2D eigenvalue weighted by atomic mass is 79.9. The van der Waals surface area contributed by atoms with Crippen LogP contribution < -0.4 is 10.1 Å². The summed E-state index contributed by atoms with van der Waals surface area (Å²) < 4.78 is 9.28. The summed E-state index contributed by atoms with van der Waals surface area (Å²) in [5, 5.41) is 11.4. The van der Waals surface area contributed by atoms with Crippen molar-refractivity contribution in [1.82, 2.24) is 20.1 Å². The number of benzene rings is 1. The Labute approximate surface area is 135 Å². The number of methoxy groups -OCH3 is 1. The lowest BCUT2D eigenvalue weighted by Gasteiger charge is -2.16. The number of nitrogens with one attached hydrogen (secondary N) is 1. The fourth-order valence-corrected chi connectivity index (χ4v) is 3.49. The predicted octanol–water partition coefficient (Wildman–Crippen LogP) is 3.20. The first-order valence-corrected chi connectivity index (χ1v) is 7.70. The van der Waals surface area contributed by atoms with Gasteiger partial charge in [0, 0.05) is 23.6 Å². The number of hydrogen-bond donors (Lipinski definition) is 1. The van der Waals surface area contributed by atoms with E-state index in [0.29, 0.717) is 6.54 Å². The lowest BCUT2D eigenvalue weighted by molar-refractivity contribution is 0.402. The van der Waals surface area contributed by atoms with Gasteiger partial charge in [-0.25, -0.2) is 0 Å². The lowest BCUT2D eigenvalue weighted by Crippen LogP contribution is -2.21. The summed E-state index contributed by atoms with van der Waals surface area (Å²) in [5.74, 6) is 1.74. The van der Waals surface area contributed by atoms with E-state index in [1.807, 2.05) is 23.7 Å². The van der Waals surface area contributed by atoms with Crippen LogP contribution >= 0.6 is 31.9 Å². The highest BCUT2D eigenvalue weighted by Crippen LogP contribution is 2.32. The maximum absolute atomic E-state index is 5.44. The summed E-state index contributed by atoms with van der Waals surface area (Å²) in [6, 6.07) is 4.11. The molecule has 2 rings (SSSR count). The zero-order chi connectivity index (χ0) is 14.7. The van der Waals surface area contributed by atoms with Crippen molar-refractivity contribution < 1.29 is 4.74 Å². The molecular formula is C13H16Br2N4O. The summed E-state index contributed by atoms with van der Waals surface area (Å²) in [6.07, 6.45) is 1.70. The Kier molecular flexibility index (Phi) is 5.17. The smallest absolute Gasteiger partial charge is 0.149 e. The van der Waals surface area contributed by atoms with Crippen molar-refractivity contribution in [2.45, 2.75) is 19.5 Å². The van der Waals surface area contributed by atoms with Crippen LogP contribution in [0.1, 0.15) is 24.4 Å². The SMILES string of the molecule is COc1c(Br)cc(Br)cc1CNC(C)c1nncn1C. The molecular weight excluding hydrogens is 388 g/mol. The van der Waals surface area contributed by atoms with Gasteiger partial charge in [0.1, 0.15) is 17.9 Å². The molecule has 1 heterocycles. The van der Waals surface area contributed by atoms with E-state index in [-0.39, 0.29) is 6.04 Å². The van der Waals surface area contributed by atoms with Crippen molar-refractivity contribution in [3.8, 4) is 5.75 Å². The van der Waals surface area contributed by atoms with Gasteiger partial charge in [-0.05, 0) is 35.0 Å². The van der Waals surface area contributed by atoms with E-state index >= 15 is 0 Å². The molecule has 1 aromatic heterocycles. The molecule has 0 spiro atoms. The van der Waals surface area contributed by atoms with E-state index in [1.165, 1.54) is 0 Å². The van der Waals surface area contributed by atoms with E-state index in [4.69, 9.17) is 4.74 Å². The molecule has 0 fully saturated rings. The van der Waals surface area contributed by atoms with Crippen molar-refractivity contribution >= 4 is 31.9 Å². The van der Waals surface area contributed by atoms with E-state index in [2.05, 4.69) is 54.3 Å². The Morgan fingerprint density at radius 3 is 2.75 bits per heavy atom. The maximum atomic E-state index is 5.44. The highest BCUT2D eigenvalue weighted by molar-refractivity contribution is 9.11. The van der Waals surface area contributed by atoms with Gasteiger partial charge in [0.2, 0.25) is 0 Å². The Morgan fingerprint density at radius 2 is 2.15 bits per heavy atom. The average Bonchev–Trinajstić information content (AvgIpc) is 2.81. The summed E-state index contributed by atoms with van der Waals surface area (Å²) in [6.45, 7) is 2.73. The maximum Gasteiger partial charge on any atom is 0.149 e. The van der Waals surface area contributed by atoms with Crippen molar-refractivity contribution in [2.75, 3.05) is 7.11 Å². The molecule has 108 valence electrons. The molecule has 2 aromatic rings. The van der Waals surface area contributed by atoms with E-state index in [1.54, 1.807) is 13.4 Å². The van der Waals surface area contributed by atoms with Gasteiger partial charge in [0.25, 0.3) is 0 Å². The van der Waals surface area contributed by atoms with Crippen molar-refractivity contribution in [1.29, 1.82) is 0 Å². The lowest BCUT2D eigenvalue weighted by atomic mass is 10.2. The molecule has 0 aliphatic heterocycles. The van der Waals surface area contributed by atoms with Gasteiger partial charge in [0.15, 0.2) is 0 Å². The van der Waals surface area contributed by atoms with Crippen LogP contribution in [-0.4, -0.2) is 21.9 Å². The third-order valence-corrected chi connectivity index (χ3v) is 4.07. The molecule has 7 heteroatoms. The number of ether oxygens (including phenoxy) is 1. The van der Waals surface area contributed by atoms with Gasteiger partial charge in [-0.1, -0.05) is 15.9 Å². The molecule has 0 aliphatic carbocycles. The van der Waals surface area contributed by atoms with Gasteiger partial charge in [0.05, 0.1) is 17.6 Å². The fraction of sp³-hybridized carbons (Fsp3) is 0.385. The van der Waals surface area contributed by atoms with Crippen LogP contribution in [0.25, 0.3) is 0 Å². The summed E-state index contributed by atoms with van der Waals surface area (Å²) in [4.78, 5) is 0. The molecule has 0 saturated heterocycles. The van der Waals surface area contributed by atoms with Crippen LogP contribution in [0.3, 0.4) is 0 Å². The Bertz CT molecular complexity index is 600. The monoisotopic (exact) mass is 402 g/mol. The summed E-state index contributed by atoms with van der Waals surface area (Å²) in [5.41, 5.74) is 1.07.